The Morgan fingerprint density at radius 2 is 2.07 bits per heavy atom. The molecule has 0 aliphatic heterocycles. The van der Waals surface area contributed by atoms with Gasteiger partial charge in [0.2, 0.25) is 17.5 Å². The van der Waals surface area contributed by atoms with Gasteiger partial charge in [-0.1, -0.05) is 37.3 Å². The Morgan fingerprint density at radius 1 is 1.26 bits per heavy atom. The van der Waals surface area contributed by atoms with Gasteiger partial charge in [-0.2, -0.15) is 9.50 Å². The number of carbonyl (C=O) groups is 1. The first kappa shape index (κ1) is 16.8. The third kappa shape index (κ3) is 3.24. The molecule has 8 heteroatoms. The Bertz CT molecular complexity index is 1130. The normalized spacial score (nSPS) is 12.2. The van der Waals surface area contributed by atoms with E-state index in [0.29, 0.717) is 18.0 Å². The van der Waals surface area contributed by atoms with Crippen molar-refractivity contribution < 1.29 is 9.21 Å². The van der Waals surface area contributed by atoms with Crippen LogP contribution in [0.2, 0.25) is 0 Å². The summed E-state index contributed by atoms with van der Waals surface area (Å²) in [5, 5.41) is 7.14. The Balaban J connectivity index is 1.70. The van der Waals surface area contributed by atoms with Gasteiger partial charge in [-0.05, 0) is 24.1 Å². The summed E-state index contributed by atoms with van der Waals surface area (Å²) in [5.41, 5.74) is 0.525. The Morgan fingerprint density at radius 3 is 2.78 bits per heavy atom. The Hall–Kier alpha value is -3.68. The number of hydrogen-bond donors (Lipinski definition) is 2. The molecule has 0 fully saturated rings. The number of anilines is 1. The Kier molecular flexibility index (Phi) is 4.29. The molecule has 4 aromatic rings. The molecule has 3 aromatic heterocycles. The summed E-state index contributed by atoms with van der Waals surface area (Å²) in [6.07, 6.45) is 2.13. The molecule has 0 saturated heterocycles. The molecular formula is C19H17N5O3. The number of nitrogens with one attached hydrogen (secondary N) is 2. The van der Waals surface area contributed by atoms with Crippen molar-refractivity contribution in [2.45, 2.75) is 19.3 Å². The van der Waals surface area contributed by atoms with Gasteiger partial charge >= 0.3 is 0 Å². The van der Waals surface area contributed by atoms with Gasteiger partial charge in [0.05, 0.1) is 12.2 Å². The minimum Gasteiger partial charge on any atom is -0.461 e. The van der Waals surface area contributed by atoms with Gasteiger partial charge in [-0.3, -0.25) is 14.6 Å². The fraction of sp³-hybridized carbons (Fsp3) is 0.158. The lowest BCUT2D eigenvalue weighted by atomic mass is 9.96. The van der Waals surface area contributed by atoms with Crippen LogP contribution in [0.5, 0.6) is 0 Å². The molecular weight excluding hydrogens is 346 g/mol. The van der Waals surface area contributed by atoms with Crippen molar-refractivity contribution in [3.05, 3.63) is 70.7 Å². The predicted molar refractivity (Wildman–Crippen MR) is 99.4 cm³/mol. The summed E-state index contributed by atoms with van der Waals surface area (Å²) in [7, 11) is 0. The average Bonchev–Trinajstić information content (AvgIpc) is 3.32. The summed E-state index contributed by atoms with van der Waals surface area (Å²) in [4.78, 5) is 31.7. The van der Waals surface area contributed by atoms with Crippen LogP contribution in [0.15, 0.2) is 64.0 Å². The number of hydrogen-bond acceptors (Lipinski definition) is 5. The zero-order chi connectivity index (χ0) is 18.8. The number of H-pyrrole nitrogens is 1. The minimum absolute atomic E-state index is 0.217. The third-order valence-corrected chi connectivity index (χ3v) is 4.26. The van der Waals surface area contributed by atoms with Crippen molar-refractivity contribution in [1.82, 2.24) is 19.6 Å². The van der Waals surface area contributed by atoms with E-state index in [9.17, 15) is 9.59 Å². The number of furan rings is 1. The van der Waals surface area contributed by atoms with Crippen molar-refractivity contribution in [1.29, 1.82) is 0 Å². The van der Waals surface area contributed by atoms with Crippen LogP contribution < -0.4 is 10.9 Å². The van der Waals surface area contributed by atoms with Crippen molar-refractivity contribution in [3.8, 4) is 11.6 Å². The number of carbonyl (C=O) groups excluding carboxylic acids is 1. The maximum Gasteiger partial charge on any atom is 0.254 e. The molecule has 2 N–H and O–H groups in total. The second kappa shape index (κ2) is 6.91. The van der Waals surface area contributed by atoms with Gasteiger partial charge in [0.1, 0.15) is 5.82 Å². The van der Waals surface area contributed by atoms with Gasteiger partial charge in [0, 0.05) is 6.07 Å². The lowest BCUT2D eigenvalue weighted by Crippen LogP contribution is -2.24. The van der Waals surface area contributed by atoms with Crippen molar-refractivity contribution in [3.63, 3.8) is 0 Å². The van der Waals surface area contributed by atoms with E-state index in [4.69, 9.17) is 4.42 Å². The zero-order valence-corrected chi connectivity index (χ0v) is 14.5. The molecule has 0 aliphatic carbocycles. The van der Waals surface area contributed by atoms with Gasteiger partial charge in [0.15, 0.2) is 5.76 Å². The van der Waals surface area contributed by atoms with Crippen LogP contribution in [0.4, 0.5) is 5.82 Å². The molecule has 4 rings (SSSR count). The molecule has 0 spiro atoms. The fourth-order valence-corrected chi connectivity index (χ4v) is 2.96. The highest BCUT2D eigenvalue weighted by molar-refractivity contribution is 5.95. The van der Waals surface area contributed by atoms with E-state index < -0.39 is 0 Å². The fourth-order valence-electron chi connectivity index (χ4n) is 2.96. The number of aromatic amines is 1. The number of nitrogens with zero attached hydrogens (tertiary/aromatic N) is 3. The summed E-state index contributed by atoms with van der Waals surface area (Å²) >= 11 is 0. The first-order chi connectivity index (χ1) is 13.2. The smallest absolute Gasteiger partial charge is 0.254 e. The van der Waals surface area contributed by atoms with Gasteiger partial charge in [-0.15, -0.1) is 5.10 Å². The second-order valence-corrected chi connectivity index (χ2v) is 6.03. The third-order valence-electron chi connectivity index (χ3n) is 4.26. The number of aromatic nitrogens is 4. The van der Waals surface area contributed by atoms with Crippen LogP contribution >= 0.6 is 0 Å². The van der Waals surface area contributed by atoms with Gasteiger partial charge < -0.3 is 9.73 Å². The maximum absolute atomic E-state index is 12.8. The predicted octanol–water partition coefficient (Wildman–Crippen LogP) is 2.81. The van der Waals surface area contributed by atoms with Crippen molar-refractivity contribution >= 4 is 17.5 Å². The minimum atomic E-state index is -0.385. The molecule has 8 nitrogen and oxygen atoms in total. The second-order valence-electron chi connectivity index (χ2n) is 6.03. The van der Waals surface area contributed by atoms with E-state index in [1.165, 1.54) is 16.8 Å². The van der Waals surface area contributed by atoms with Crippen LogP contribution in [0.3, 0.4) is 0 Å². The molecule has 1 amide bonds. The average molecular weight is 363 g/mol. The standard InChI is InChI=1S/C19H17N5O3/c1-2-13(12-7-4-3-5-8-12)18(26)20-15-11-16(25)21-19-22-17(23-24(15)19)14-9-6-10-27-14/h3-11,13H,2H2,1H3,(H,20,26)(H,21,22,23,25). The number of rotatable bonds is 5. The highest BCUT2D eigenvalue weighted by Crippen LogP contribution is 2.22. The lowest BCUT2D eigenvalue weighted by Gasteiger charge is -2.15. The van der Waals surface area contributed by atoms with Crippen molar-refractivity contribution in [2.75, 3.05) is 5.32 Å². The van der Waals surface area contributed by atoms with Crippen LogP contribution in [0.25, 0.3) is 17.4 Å². The topological polar surface area (TPSA) is 105 Å². The van der Waals surface area contributed by atoms with E-state index in [1.54, 1.807) is 12.1 Å². The summed E-state index contributed by atoms with van der Waals surface area (Å²) in [5.74, 6) is 0.689. The van der Waals surface area contributed by atoms with E-state index in [0.717, 1.165) is 5.56 Å². The molecule has 0 saturated carbocycles. The number of benzene rings is 1. The first-order valence-electron chi connectivity index (χ1n) is 8.55. The van der Waals surface area contributed by atoms with Crippen LogP contribution in [0.1, 0.15) is 24.8 Å². The van der Waals surface area contributed by atoms with Gasteiger partial charge in [-0.25, -0.2) is 0 Å². The van der Waals surface area contributed by atoms with E-state index in [1.807, 2.05) is 37.3 Å². The molecule has 1 unspecified atom stereocenters. The molecule has 1 atom stereocenters. The Labute approximate surface area is 153 Å². The summed E-state index contributed by atoms with van der Waals surface area (Å²) in [6, 6.07) is 14.2. The van der Waals surface area contributed by atoms with Crippen LogP contribution in [0, 0.1) is 0 Å². The lowest BCUT2D eigenvalue weighted by molar-refractivity contribution is -0.117. The quantitative estimate of drug-likeness (QED) is 0.567. The SMILES string of the molecule is CCC(C(=O)Nc1cc(=O)[nH]c2nc(-c3ccco3)nn12)c1ccccc1. The first-order valence-corrected chi connectivity index (χ1v) is 8.55. The molecule has 0 bridgehead atoms. The van der Waals surface area contributed by atoms with E-state index in [-0.39, 0.29) is 29.0 Å². The van der Waals surface area contributed by atoms with Gasteiger partial charge in [0.25, 0.3) is 5.56 Å². The number of amides is 1. The molecule has 0 radical (unpaired) electrons. The zero-order valence-electron chi connectivity index (χ0n) is 14.5. The highest BCUT2D eigenvalue weighted by atomic mass is 16.3. The summed E-state index contributed by atoms with van der Waals surface area (Å²) in [6.45, 7) is 1.94. The largest absolute Gasteiger partial charge is 0.461 e. The number of fused-ring (bicyclic) bond motifs is 1. The molecule has 27 heavy (non-hydrogen) atoms. The summed E-state index contributed by atoms with van der Waals surface area (Å²) < 4.78 is 6.68. The van der Waals surface area contributed by atoms with E-state index >= 15 is 0 Å². The molecule has 0 aliphatic rings. The highest BCUT2D eigenvalue weighted by Gasteiger charge is 2.21. The van der Waals surface area contributed by atoms with Crippen LogP contribution in [-0.4, -0.2) is 25.5 Å². The maximum atomic E-state index is 12.8. The molecule has 3 heterocycles. The van der Waals surface area contributed by atoms with E-state index in [2.05, 4.69) is 20.4 Å². The molecule has 1 aromatic carbocycles. The molecule has 136 valence electrons. The monoisotopic (exact) mass is 363 g/mol. The van der Waals surface area contributed by atoms with Crippen molar-refractivity contribution in [2.24, 2.45) is 0 Å². The van der Waals surface area contributed by atoms with Crippen LogP contribution in [-0.2, 0) is 4.79 Å².